The van der Waals surface area contributed by atoms with Gasteiger partial charge in [0.25, 0.3) is 0 Å². The van der Waals surface area contributed by atoms with Crippen LogP contribution in [0.4, 0.5) is 0 Å². The number of aromatic nitrogens is 4. The quantitative estimate of drug-likeness (QED) is 0.170. The summed E-state index contributed by atoms with van der Waals surface area (Å²) in [5, 5.41) is 1.21. The Hall–Kier alpha value is -7.11. The number of benzene rings is 6. The standard InChI is InChI=1S/C53H33BN4/c1-3-13-30(14-4-1)44-33-17-7-8-18-34(33)47-36-20-10-23-42-48(36)49(50(44)47)40-28-31(52-55-25-12-26-56-52)27-39-38-29-43-46(35-19-9-22-41(45(35)38)54(42)51(39)40)37-21-11-24-57-53(37)58(43)32-15-5-2-6-16-32/h1-28,38,44,49H,29H2. The zero-order chi connectivity index (χ0) is 37.6. The van der Waals surface area contributed by atoms with E-state index < -0.39 is 0 Å². The minimum Gasteiger partial charge on any atom is -0.298 e. The molecule has 0 bridgehead atoms. The van der Waals surface area contributed by atoms with Gasteiger partial charge in [0.15, 0.2) is 5.82 Å². The molecule has 0 saturated carbocycles. The third-order valence-electron chi connectivity index (χ3n) is 13.9. The van der Waals surface area contributed by atoms with Gasteiger partial charge >= 0.3 is 0 Å². The lowest BCUT2D eigenvalue weighted by molar-refractivity contribution is 0.756. The number of pyridine rings is 1. The first-order valence-corrected chi connectivity index (χ1v) is 20.5. The van der Waals surface area contributed by atoms with Gasteiger partial charge in [-0.2, -0.15) is 0 Å². The van der Waals surface area contributed by atoms with E-state index in [-0.39, 0.29) is 24.5 Å². The van der Waals surface area contributed by atoms with E-state index in [0.29, 0.717) is 0 Å². The molecule has 3 unspecified atom stereocenters. The van der Waals surface area contributed by atoms with Gasteiger partial charge in [-0.15, -0.1) is 0 Å². The van der Waals surface area contributed by atoms with Crippen LogP contribution in [-0.2, 0) is 6.42 Å². The van der Waals surface area contributed by atoms with Gasteiger partial charge in [0, 0.05) is 64.2 Å². The summed E-state index contributed by atoms with van der Waals surface area (Å²) < 4.78 is 2.43. The molecular formula is C53H33BN4. The molecule has 5 heterocycles. The van der Waals surface area contributed by atoms with Gasteiger partial charge in [-0.1, -0.05) is 126 Å². The number of hydrogen-bond donors (Lipinski definition) is 0. The van der Waals surface area contributed by atoms with Gasteiger partial charge < -0.3 is 0 Å². The largest absolute Gasteiger partial charge is 0.298 e. The molecule has 0 fully saturated rings. The number of para-hydroxylation sites is 1. The van der Waals surface area contributed by atoms with Crippen molar-refractivity contribution in [3.63, 3.8) is 0 Å². The Labute approximate surface area is 336 Å². The van der Waals surface area contributed by atoms with Crippen molar-refractivity contribution < 1.29 is 0 Å². The van der Waals surface area contributed by atoms with Crippen LogP contribution >= 0.6 is 0 Å². The van der Waals surface area contributed by atoms with Crippen molar-refractivity contribution in [1.29, 1.82) is 0 Å². The number of nitrogens with zero attached hydrogens (tertiary/aromatic N) is 4. The summed E-state index contributed by atoms with van der Waals surface area (Å²) in [4.78, 5) is 14.8. The smallest absolute Gasteiger partial charge is 0.242 e. The Bertz CT molecular complexity index is 3280. The first-order chi connectivity index (χ1) is 28.8. The maximum Gasteiger partial charge on any atom is 0.242 e. The van der Waals surface area contributed by atoms with Crippen LogP contribution in [0, 0.1) is 0 Å². The summed E-state index contributed by atoms with van der Waals surface area (Å²) in [5.74, 6) is 1.19. The van der Waals surface area contributed by atoms with Gasteiger partial charge in [0.1, 0.15) is 5.65 Å². The normalized spacial score (nSPS) is 18.3. The highest BCUT2D eigenvalue weighted by Gasteiger charge is 2.52. The molecule has 5 heteroatoms. The number of fused-ring (bicyclic) bond motifs is 12. The highest BCUT2D eigenvalue weighted by atomic mass is 15.1. The highest BCUT2D eigenvalue weighted by Crippen LogP contribution is 2.61. The van der Waals surface area contributed by atoms with Crippen molar-refractivity contribution in [2.45, 2.75) is 24.2 Å². The summed E-state index contributed by atoms with van der Waals surface area (Å²) in [6.07, 6.45) is 6.56. The van der Waals surface area contributed by atoms with Gasteiger partial charge in [-0.25, -0.2) is 15.0 Å². The van der Waals surface area contributed by atoms with Crippen LogP contribution in [0.1, 0.15) is 68.0 Å². The van der Waals surface area contributed by atoms with Crippen molar-refractivity contribution in [2.75, 3.05) is 0 Å². The van der Waals surface area contributed by atoms with Gasteiger partial charge in [0.2, 0.25) is 6.71 Å². The van der Waals surface area contributed by atoms with E-state index in [0.717, 1.165) is 29.1 Å². The number of hydrogen-bond acceptors (Lipinski definition) is 3. The Morgan fingerprint density at radius 3 is 2.10 bits per heavy atom. The molecule has 3 atom stereocenters. The van der Waals surface area contributed by atoms with Crippen molar-refractivity contribution in [2.24, 2.45) is 0 Å². The van der Waals surface area contributed by atoms with E-state index in [2.05, 4.69) is 150 Å². The Balaban J connectivity index is 1.10. The monoisotopic (exact) mass is 736 g/mol. The molecule has 3 aromatic heterocycles. The minimum atomic E-state index is 0.108. The van der Waals surface area contributed by atoms with Crippen LogP contribution in [0.15, 0.2) is 176 Å². The van der Waals surface area contributed by atoms with Crippen molar-refractivity contribution in [3.05, 3.63) is 226 Å². The summed E-state index contributed by atoms with van der Waals surface area (Å²) in [6.45, 7) is 0.112. The van der Waals surface area contributed by atoms with Gasteiger partial charge in [-0.05, 0) is 110 Å². The molecule has 3 aliphatic carbocycles. The molecule has 14 rings (SSSR count). The molecule has 0 N–H and O–H groups in total. The Morgan fingerprint density at radius 2 is 1.26 bits per heavy atom. The highest BCUT2D eigenvalue weighted by molar-refractivity contribution is 6.97. The molecule has 6 aromatic carbocycles. The Kier molecular flexibility index (Phi) is 6.03. The van der Waals surface area contributed by atoms with Crippen LogP contribution in [0.2, 0.25) is 0 Å². The molecule has 0 saturated heterocycles. The van der Waals surface area contributed by atoms with Gasteiger partial charge in [-0.3, -0.25) is 4.57 Å². The first-order valence-electron chi connectivity index (χ1n) is 20.5. The SMILES string of the molecule is c1ccc(C2C3=C(c4ccccc42)c2cccc4c2C3c2cc(-c3ncccn3)cc3c2B4c2cccc4c2C3Cc2c-4c3cccnc3n2-c2ccccc2)cc1. The molecule has 58 heavy (non-hydrogen) atoms. The van der Waals surface area contributed by atoms with Crippen LogP contribution in [0.5, 0.6) is 0 Å². The lowest BCUT2D eigenvalue weighted by Gasteiger charge is -2.43. The van der Waals surface area contributed by atoms with Crippen molar-refractivity contribution in [3.8, 4) is 28.2 Å². The summed E-state index contributed by atoms with van der Waals surface area (Å²) in [6, 6.07) is 56.7. The van der Waals surface area contributed by atoms with Crippen LogP contribution in [0.3, 0.4) is 0 Å². The van der Waals surface area contributed by atoms with E-state index in [1.165, 1.54) is 94.2 Å². The summed E-state index contributed by atoms with van der Waals surface area (Å²) in [7, 11) is 0. The molecule has 5 aliphatic rings. The lowest BCUT2D eigenvalue weighted by atomic mass is 9.28. The molecule has 4 nitrogen and oxygen atoms in total. The molecule has 268 valence electrons. The van der Waals surface area contributed by atoms with E-state index in [1.807, 2.05) is 24.7 Å². The average molecular weight is 737 g/mol. The second-order valence-electron chi connectivity index (χ2n) is 16.5. The summed E-state index contributed by atoms with van der Waals surface area (Å²) in [5.41, 5.74) is 25.8. The average Bonchev–Trinajstić information content (AvgIpc) is 3.93. The predicted molar refractivity (Wildman–Crippen MR) is 233 cm³/mol. The predicted octanol–water partition coefficient (Wildman–Crippen LogP) is 9.07. The van der Waals surface area contributed by atoms with E-state index >= 15 is 0 Å². The second-order valence-corrected chi connectivity index (χ2v) is 16.5. The van der Waals surface area contributed by atoms with Gasteiger partial charge in [0.05, 0.1) is 0 Å². The van der Waals surface area contributed by atoms with Crippen LogP contribution in [-0.4, -0.2) is 26.2 Å². The van der Waals surface area contributed by atoms with Crippen molar-refractivity contribution in [1.82, 2.24) is 19.5 Å². The Morgan fingerprint density at radius 1 is 0.552 bits per heavy atom. The molecular weight excluding hydrogens is 703 g/mol. The zero-order valence-electron chi connectivity index (χ0n) is 31.5. The molecule has 0 radical (unpaired) electrons. The zero-order valence-corrected chi connectivity index (χ0v) is 31.5. The van der Waals surface area contributed by atoms with Crippen LogP contribution < -0.4 is 16.4 Å². The number of rotatable bonds is 3. The van der Waals surface area contributed by atoms with E-state index in [9.17, 15) is 0 Å². The molecule has 9 aromatic rings. The maximum atomic E-state index is 5.06. The fourth-order valence-electron chi connectivity index (χ4n) is 12.0. The second kappa shape index (κ2) is 11.3. The topological polar surface area (TPSA) is 43.6 Å². The first kappa shape index (κ1) is 31.0. The third-order valence-corrected chi connectivity index (χ3v) is 13.9. The third kappa shape index (κ3) is 3.84. The van der Waals surface area contributed by atoms with Crippen LogP contribution in [0.25, 0.3) is 44.8 Å². The molecule has 0 spiro atoms. The van der Waals surface area contributed by atoms with E-state index in [4.69, 9.17) is 15.0 Å². The lowest BCUT2D eigenvalue weighted by Crippen LogP contribution is -2.63. The minimum absolute atomic E-state index is 0.108. The fraction of sp³-hybridized carbons (Fsp3) is 0.0755. The van der Waals surface area contributed by atoms with Crippen molar-refractivity contribution >= 4 is 39.7 Å². The molecule has 0 amide bonds. The summed E-state index contributed by atoms with van der Waals surface area (Å²) >= 11 is 0. The van der Waals surface area contributed by atoms with E-state index in [1.54, 1.807) is 0 Å². The maximum absolute atomic E-state index is 5.06. The number of allylic oxidation sites excluding steroid dienone is 1. The molecule has 2 aliphatic heterocycles. The fourth-order valence-corrected chi connectivity index (χ4v) is 12.0.